The zero-order valence-corrected chi connectivity index (χ0v) is 17.0. The van der Waals surface area contributed by atoms with E-state index >= 15 is 0 Å². The molecule has 1 atom stereocenters. The number of fused-ring (bicyclic) bond motifs is 1. The summed E-state index contributed by atoms with van der Waals surface area (Å²) >= 11 is 0. The van der Waals surface area contributed by atoms with E-state index in [1.165, 1.54) is 29.2 Å². The molecule has 160 valence electrons. The molecule has 1 aliphatic heterocycles. The molecule has 0 fully saturated rings. The number of aliphatic imine (C=N–C) groups is 1. The Morgan fingerprint density at radius 2 is 1.66 bits per heavy atom. The smallest absolute Gasteiger partial charge is 0.414 e. The topological polar surface area (TPSA) is 116 Å². The Bertz CT molecular complexity index is 1220. The number of carboxylic acid groups (broad SMARTS) is 1. The number of rotatable bonds is 4. The van der Waals surface area contributed by atoms with Crippen molar-refractivity contribution in [1.29, 1.82) is 0 Å². The summed E-state index contributed by atoms with van der Waals surface area (Å²) in [6, 6.07) is 21.3. The second-order valence-corrected chi connectivity index (χ2v) is 7.06. The molecule has 9 nitrogen and oxygen atoms in total. The molecule has 0 radical (unpaired) electrons. The number of nitrogens with zero attached hydrogens (tertiary/aromatic N) is 4. The van der Waals surface area contributed by atoms with Gasteiger partial charge in [-0.05, 0) is 18.2 Å². The molecule has 0 saturated carbocycles. The molecule has 1 unspecified atom stereocenters. The predicted molar refractivity (Wildman–Crippen MR) is 119 cm³/mol. The van der Waals surface area contributed by atoms with Gasteiger partial charge in [-0.1, -0.05) is 48.5 Å². The van der Waals surface area contributed by atoms with Crippen molar-refractivity contribution in [1.82, 2.24) is 0 Å². The number of non-ortho nitro benzene ring substituents is 1. The summed E-state index contributed by atoms with van der Waals surface area (Å²) in [5.41, 5.74) is 2.38. The van der Waals surface area contributed by atoms with Gasteiger partial charge in [0.05, 0.1) is 22.0 Å². The van der Waals surface area contributed by atoms with Crippen molar-refractivity contribution >= 4 is 34.8 Å². The average Bonchev–Trinajstić information content (AvgIpc) is 2.91. The molecule has 32 heavy (non-hydrogen) atoms. The van der Waals surface area contributed by atoms with E-state index in [-0.39, 0.29) is 11.4 Å². The molecule has 0 aliphatic carbocycles. The van der Waals surface area contributed by atoms with Crippen molar-refractivity contribution in [2.24, 2.45) is 4.99 Å². The first-order valence-corrected chi connectivity index (χ1v) is 9.65. The molecular weight excluding hydrogens is 412 g/mol. The molecule has 0 saturated heterocycles. The van der Waals surface area contributed by atoms with Gasteiger partial charge in [-0.15, -0.1) is 0 Å². The number of para-hydroxylation sites is 1. The molecule has 0 aromatic heterocycles. The maximum atomic E-state index is 13.4. The van der Waals surface area contributed by atoms with E-state index in [1.807, 2.05) is 42.5 Å². The number of carbonyl (C=O) groups is 2. The van der Waals surface area contributed by atoms with Crippen LogP contribution in [-0.4, -0.2) is 41.0 Å². The highest BCUT2D eigenvalue weighted by Crippen LogP contribution is 2.30. The van der Waals surface area contributed by atoms with Crippen LogP contribution < -0.4 is 9.80 Å². The number of amides is 2. The van der Waals surface area contributed by atoms with Gasteiger partial charge in [0.15, 0.2) is 0 Å². The van der Waals surface area contributed by atoms with Crippen molar-refractivity contribution in [3.63, 3.8) is 0 Å². The van der Waals surface area contributed by atoms with Crippen LogP contribution in [0.4, 0.5) is 21.9 Å². The minimum Gasteiger partial charge on any atom is -0.465 e. The van der Waals surface area contributed by atoms with Gasteiger partial charge in [-0.2, -0.15) is 0 Å². The Hall–Kier alpha value is -4.53. The summed E-state index contributed by atoms with van der Waals surface area (Å²) < 4.78 is 0. The fourth-order valence-electron chi connectivity index (χ4n) is 3.59. The lowest BCUT2D eigenvalue weighted by molar-refractivity contribution is -0.384. The molecule has 9 heteroatoms. The zero-order valence-electron chi connectivity index (χ0n) is 17.0. The van der Waals surface area contributed by atoms with Crippen LogP contribution >= 0.6 is 0 Å². The molecule has 0 spiro atoms. The minimum atomic E-state index is -1.43. The van der Waals surface area contributed by atoms with Gasteiger partial charge in [0.25, 0.3) is 11.6 Å². The lowest BCUT2D eigenvalue weighted by Crippen LogP contribution is -2.49. The van der Waals surface area contributed by atoms with Crippen molar-refractivity contribution in [3.05, 3.63) is 100 Å². The van der Waals surface area contributed by atoms with E-state index in [2.05, 4.69) is 4.99 Å². The van der Waals surface area contributed by atoms with Gasteiger partial charge in [-0.25, -0.2) is 14.7 Å². The first kappa shape index (κ1) is 20.7. The maximum Gasteiger partial charge on any atom is 0.414 e. The summed E-state index contributed by atoms with van der Waals surface area (Å²) in [5, 5.41) is 21.0. The molecule has 3 aromatic carbocycles. The normalized spacial score (nSPS) is 15.4. The number of hydrogen-bond donors (Lipinski definition) is 1. The Morgan fingerprint density at radius 1 is 1.03 bits per heavy atom. The highest BCUT2D eigenvalue weighted by molar-refractivity contribution is 6.21. The van der Waals surface area contributed by atoms with Crippen LogP contribution in [0.3, 0.4) is 0 Å². The first-order valence-electron chi connectivity index (χ1n) is 9.65. The van der Waals surface area contributed by atoms with E-state index in [1.54, 1.807) is 19.2 Å². The predicted octanol–water partition coefficient (Wildman–Crippen LogP) is 3.92. The van der Waals surface area contributed by atoms with Gasteiger partial charge in [0, 0.05) is 30.3 Å². The van der Waals surface area contributed by atoms with E-state index in [9.17, 15) is 24.8 Å². The summed E-state index contributed by atoms with van der Waals surface area (Å²) in [4.78, 5) is 42.8. The van der Waals surface area contributed by atoms with E-state index in [0.717, 1.165) is 10.5 Å². The van der Waals surface area contributed by atoms with Crippen LogP contribution in [0, 0.1) is 10.1 Å². The van der Waals surface area contributed by atoms with Gasteiger partial charge in [-0.3, -0.25) is 14.9 Å². The second-order valence-electron chi connectivity index (χ2n) is 7.06. The van der Waals surface area contributed by atoms with Crippen molar-refractivity contribution in [3.8, 4) is 0 Å². The molecule has 1 heterocycles. The molecular formula is C23H18N4O5. The number of carbonyl (C=O) groups excluding carboxylic acids is 1. The van der Waals surface area contributed by atoms with Crippen LogP contribution in [0.1, 0.15) is 11.1 Å². The Morgan fingerprint density at radius 3 is 2.28 bits per heavy atom. The second kappa shape index (κ2) is 8.31. The lowest BCUT2D eigenvalue weighted by atomic mass is 10.0. The Balaban J connectivity index is 1.90. The van der Waals surface area contributed by atoms with Crippen LogP contribution in [0.15, 0.2) is 83.9 Å². The Kier molecular flexibility index (Phi) is 5.38. The zero-order chi connectivity index (χ0) is 22.8. The number of benzene rings is 3. The SMILES string of the molecule is CN1C(=O)C(N(C(=O)O)c2ccc([N+](=O)[O-])cc2)N=C(c2ccccc2)c2ccccc21. The van der Waals surface area contributed by atoms with E-state index < -0.39 is 23.1 Å². The van der Waals surface area contributed by atoms with Crippen LogP contribution in [0.25, 0.3) is 0 Å². The number of anilines is 2. The van der Waals surface area contributed by atoms with Crippen LogP contribution in [0.2, 0.25) is 0 Å². The standard InChI is InChI=1S/C23H18N4O5/c1-25-19-10-6-5-9-18(19)20(15-7-3-2-4-8-15)24-21(22(25)28)26(23(29)30)16-11-13-17(14-12-16)27(31)32/h2-14,21H,1H3,(H,29,30). The lowest BCUT2D eigenvalue weighted by Gasteiger charge is -2.27. The van der Waals surface area contributed by atoms with Crippen molar-refractivity contribution < 1.29 is 19.6 Å². The summed E-state index contributed by atoms with van der Waals surface area (Å²) in [6.07, 6.45) is -2.84. The molecule has 1 N–H and O–H groups in total. The maximum absolute atomic E-state index is 13.4. The summed E-state index contributed by atoms with van der Waals surface area (Å²) in [6.45, 7) is 0. The van der Waals surface area contributed by atoms with Gasteiger partial charge >= 0.3 is 6.09 Å². The van der Waals surface area contributed by atoms with Gasteiger partial charge < -0.3 is 10.0 Å². The van der Waals surface area contributed by atoms with Gasteiger partial charge in [0.1, 0.15) is 0 Å². The molecule has 0 bridgehead atoms. The number of hydrogen-bond acceptors (Lipinski definition) is 5. The number of benzodiazepines with no additional fused rings is 1. The summed E-state index contributed by atoms with van der Waals surface area (Å²) in [7, 11) is 1.56. The van der Waals surface area contributed by atoms with Gasteiger partial charge in [0.2, 0.25) is 6.17 Å². The molecule has 3 aromatic rings. The Labute approximate surface area is 183 Å². The third-order valence-electron chi connectivity index (χ3n) is 5.16. The van der Waals surface area contributed by atoms with Crippen LogP contribution in [0.5, 0.6) is 0 Å². The average molecular weight is 430 g/mol. The van der Waals surface area contributed by atoms with Crippen LogP contribution in [-0.2, 0) is 4.79 Å². The quantitative estimate of drug-likeness (QED) is 0.497. The van der Waals surface area contributed by atoms with Crippen molar-refractivity contribution in [2.45, 2.75) is 6.17 Å². The minimum absolute atomic E-state index is 0.0944. The number of nitro groups is 1. The molecule has 2 amide bonds. The third-order valence-corrected chi connectivity index (χ3v) is 5.16. The fourth-order valence-corrected chi connectivity index (χ4v) is 3.59. The summed E-state index contributed by atoms with van der Waals surface area (Å²) in [5.74, 6) is -0.552. The monoisotopic (exact) mass is 430 g/mol. The highest BCUT2D eigenvalue weighted by atomic mass is 16.6. The van der Waals surface area contributed by atoms with E-state index in [4.69, 9.17) is 0 Å². The molecule has 4 rings (SSSR count). The number of likely N-dealkylation sites (N-methyl/N-ethyl adjacent to an activating group) is 1. The van der Waals surface area contributed by atoms with Crippen molar-refractivity contribution in [2.75, 3.05) is 16.8 Å². The third kappa shape index (κ3) is 3.67. The first-order chi connectivity index (χ1) is 15.4. The largest absolute Gasteiger partial charge is 0.465 e. The molecule has 1 aliphatic rings. The van der Waals surface area contributed by atoms with E-state index in [0.29, 0.717) is 17.0 Å². The highest BCUT2D eigenvalue weighted by Gasteiger charge is 2.37. The fraction of sp³-hybridized carbons (Fsp3) is 0.0870. The number of nitro benzene ring substituents is 1.